The van der Waals surface area contributed by atoms with Crippen molar-refractivity contribution < 1.29 is 19.1 Å². The maximum atomic E-state index is 12.5. The molecule has 6 heteroatoms. The van der Waals surface area contributed by atoms with E-state index in [4.69, 9.17) is 9.47 Å². The molecule has 136 valence electrons. The SMILES string of the molecule is COCC(=O)N1CCCc2ccc(NC(=O)c3cccc(OC)c3)cc21. The van der Waals surface area contributed by atoms with Gasteiger partial charge in [-0.2, -0.15) is 0 Å². The number of hydrogen-bond donors (Lipinski definition) is 1. The van der Waals surface area contributed by atoms with Crippen LogP contribution in [0.2, 0.25) is 0 Å². The van der Waals surface area contributed by atoms with Crippen molar-refractivity contribution >= 4 is 23.2 Å². The summed E-state index contributed by atoms with van der Waals surface area (Å²) in [4.78, 5) is 26.5. The summed E-state index contributed by atoms with van der Waals surface area (Å²) in [6.07, 6.45) is 1.83. The fraction of sp³-hybridized carbons (Fsp3) is 0.300. The molecule has 2 aromatic carbocycles. The van der Waals surface area contributed by atoms with Gasteiger partial charge in [0, 0.05) is 30.6 Å². The summed E-state index contributed by atoms with van der Waals surface area (Å²) in [6.45, 7) is 0.697. The standard InChI is InChI=1S/C20H22N2O4/c1-25-13-19(23)22-10-4-6-14-8-9-16(12-18(14)22)21-20(24)15-5-3-7-17(11-15)26-2/h3,5,7-9,11-12H,4,6,10,13H2,1-2H3,(H,21,24). The highest BCUT2D eigenvalue weighted by atomic mass is 16.5. The topological polar surface area (TPSA) is 67.9 Å². The molecule has 1 N–H and O–H groups in total. The van der Waals surface area contributed by atoms with E-state index in [2.05, 4.69) is 5.32 Å². The number of methoxy groups -OCH3 is 2. The van der Waals surface area contributed by atoms with Gasteiger partial charge in [0.2, 0.25) is 0 Å². The van der Waals surface area contributed by atoms with Gasteiger partial charge in [-0.25, -0.2) is 0 Å². The zero-order valence-corrected chi connectivity index (χ0v) is 15.0. The number of amides is 2. The van der Waals surface area contributed by atoms with Gasteiger partial charge in [-0.15, -0.1) is 0 Å². The number of aryl methyl sites for hydroxylation is 1. The highest BCUT2D eigenvalue weighted by Gasteiger charge is 2.23. The van der Waals surface area contributed by atoms with Crippen LogP contribution in [0.25, 0.3) is 0 Å². The van der Waals surface area contributed by atoms with Gasteiger partial charge in [0.05, 0.1) is 7.11 Å². The number of anilines is 2. The smallest absolute Gasteiger partial charge is 0.255 e. The van der Waals surface area contributed by atoms with Crippen molar-refractivity contribution in [3.05, 3.63) is 53.6 Å². The van der Waals surface area contributed by atoms with E-state index in [1.165, 1.54) is 7.11 Å². The lowest BCUT2D eigenvalue weighted by Gasteiger charge is -2.29. The average molecular weight is 354 g/mol. The molecule has 3 rings (SSSR count). The van der Waals surface area contributed by atoms with E-state index in [0.29, 0.717) is 23.5 Å². The van der Waals surface area contributed by atoms with Crippen LogP contribution < -0.4 is 15.0 Å². The third-order valence-electron chi connectivity index (χ3n) is 4.36. The molecule has 1 aliphatic heterocycles. The predicted molar refractivity (Wildman–Crippen MR) is 99.9 cm³/mol. The van der Waals surface area contributed by atoms with Crippen LogP contribution in [-0.2, 0) is 16.0 Å². The Bertz CT molecular complexity index is 819. The predicted octanol–water partition coefficient (Wildman–Crippen LogP) is 2.87. The molecule has 2 aromatic rings. The Morgan fingerprint density at radius 3 is 2.77 bits per heavy atom. The summed E-state index contributed by atoms with van der Waals surface area (Å²) in [7, 11) is 3.07. The lowest BCUT2D eigenvalue weighted by molar-refractivity contribution is -0.122. The zero-order chi connectivity index (χ0) is 18.5. The van der Waals surface area contributed by atoms with E-state index < -0.39 is 0 Å². The van der Waals surface area contributed by atoms with Crippen molar-refractivity contribution in [3.63, 3.8) is 0 Å². The molecule has 1 heterocycles. The largest absolute Gasteiger partial charge is 0.497 e. The number of carbonyl (C=O) groups excluding carboxylic acids is 2. The summed E-state index contributed by atoms with van der Waals surface area (Å²) in [5.41, 5.74) is 3.09. The first kappa shape index (κ1) is 17.9. The van der Waals surface area contributed by atoms with Crippen LogP contribution in [-0.4, -0.2) is 39.2 Å². The molecule has 0 saturated heterocycles. The first-order chi connectivity index (χ1) is 12.6. The molecule has 0 bridgehead atoms. The number of nitrogens with zero attached hydrogens (tertiary/aromatic N) is 1. The van der Waals surface area contributed by atoms with Crippen LogP contribution in [0.5, 0.6) is 5.75 Å². The van der Waals surface area contributed by atoms with Crippen molar-refractivity contribution in [1.29, 1.82) is 0 Å². The monoisotopic (exact) mass is 354 g/mol. The Balaban J connectivity index is 1.82. The minimum absolute atomic E-state index is 0.0415. The van der Waals surface area contributed by atoms with E-state index in [9.17, 15) is 9.59 Å². The van der Waals surface area contributed by atoms with Crippen LogP contribution in [0.1, 0.15) is 22.3 Å². The van der Waals surface area contributed by atoms with Gasteiger partial charge in [0.15, 0.2) is 0 Å². The average Bonchev–Trinajstić information content (AvgIpc) is 2.67. The molecule has 0 unspecified atom stereocenters. The lowest BCUT2D eigenvalue weighted by atomic mass is 10.0. The maximum Gasteiger partial charge on any atom is 0.255 e. The van der Waals surface area contributed by atoms with Gasteiger partial charge < -0.3 is 19.7 Å². The normalized spacial score (nSPS) is 13.1. The molecule has 0 fully saturated rings. The van der Waals surface area contributed by atoms with E-state index in [-0.39, 0.29) is 18.4 Å². The van der Waals surface area contributed by atoms with E-state index >= 15 is 0 Å². The Labute approximate surface area is 152 Å². The fourth-order valence-corrected chi connectivity index (χ4v) is 3.08. The summed E-state index contributed by atoms with van der Waals surface area (Å²) in [5, 5.41) is 2.89. The van der Waals surface area contributed by atoms with Gasteiger partial charge in [-0.05, 0) is 48.7 Å². The van der Waals surface area contributed by atoms with E-state index in [1.54, 1.807) is 36.3 Å². The molecule has 0 saturated carbocycles. The number of ether oxygens (including phenoxy) is 2. The second-order valence-electron chi connectivity index (χ2n) is 6.11. The van der Waals surface area contributed by atoms with Crippen molar-refractivity contribution in [2.75, 3.05) is 37.6 Å². The Morgan fingerprint density at radius 2 is 2.00 bits per heavy atom. The molecule has 2 amide bonds. The molecule has 1 aliphatic rings. The van der Waals surface area contributed by atoms with Crippen molar-refractivity contribution in [2.24, 2.45) is 0 Å². The number of rotatable bonds is 5. The summed E-state index contributed by atoms with van der Waals surface area (Å²) in [6, 6.07) is 12.6. The minimum Gasteiger partial charge on any atom is -0.497 e. The third kappa shape index (κ3) is 3.86. The number of nitrogens with one attached hydrogen (secondary N) is 1. The Morgan fingerprint density at radius 1 is 1.15 bits per heavy atom. The Hall–Kier alpha value is -2.86. The molecule has 6 nitrogen and oxygen atoms in total. The van der Waals surface area contributed by atoms with E-state index in [1.807, 2.05) is 18.2 Å². The maximum absolute atomic E-state index is 12.5. The van der Waals surface area contributed by atoms with Gasteiger partial charge in [-0.3, -0.25) is 9.59 Å². The van der Waals surface area contributed by atoms with Crippen LogP contribution >= 0.6 is 0 Å². The lowest BCUT2D eigenvalue weighted by Crippen LogP contribution is -2.37. The first-order valence-electron chi connectivity index (χ1n) is 8.50. The zero-order valence-electron chi connectivity index (χ0n) is 15.0. The molecule has 0 spiro atoms. The fourth-order valence-electron chi connectivity index (χ4n) is 3.08. The molecule has 0 atom stereocenters. The minimum atomic E-state index is -0.227. The molecule has 0 radical (unpaired) electrons. The molecule has 0 aromatic heterocycles. The molecule has 0 aliphatic carbocycles. The van der Waals surface area contributed by atoms with E-state index in [0.717, 1.165) is 24.1 Å². The number of fused-ring (bicyclic) bond motifs is 1. The molecular formula is C20H22N2O4. The van der Waals surface area contributed by atoms with Gasteiger partial charge in [0.25, 0.3) is 11.8 Å². The second-order valence-corrected chi connectivity index (χ2v) is 6.11. The third-order valence-corrected chi connectivity index (χ3v) is 4.36. The molecule has 26 heavy (non-hydrogen) atoms. The highest BCUT2D eigenvalue weighted by molar-refractivity contribution is 6.05. The van der Waals surface area contributed by atoms with Crippen LogP contribution in [0.15, 0.2) is 42.5 Å². The van der Waals surface area contributed by atoms with Crippen LogP contribution in [0, 0.1) is 0 Å². The molecular weight excluding hydrogens is 332 g/mol. The quantitative estimate of drug-likeness (QED) is 0.896. The summed E-state index contributed by atoms with van der Waals surface area (Å²) >= 11 is 0. The van der Waals surface area contributed by atoms with Gasteiger partial charge >= 0.3 is 0 Å². The van der Waals surface area contributed by atoms with Crippen LogP contribution in [0.3, 0.4) is 0 Å². The summed E-state index contributed by atoms with van der Waals surface area (Å²) < 4.78 is 10.1. The van der Waals surface area contributed by atoms with Crippen molar-refractivity contribution in [1.82, 2.24) is 0 Å². The number of benzene rings is 2. The van der Waals surface area contributed by atoms with Gasteiger partial charge in [-0.1, -0.05) is 12.1 Å². The van der Waals surface area contributed by atoms with Crippen molar-refractivity contribution in [3.8, 4) is 5.75 Å². The highest BCUT2D eigenvalue weighted by Crippen LogP contribution is 2.30. The Kier molecular flexibility index (Phi) is 5.53. The van der Waals surface area contributed by atoms with Crippen molar-refractivity contribution in [2.45, 2.75) is 12.8 Å². The number of carbonyl (C=O) groups is 2. The summed E-state index contributed by atoms with van der Waals surface area (Å²) in [5.74, 6) is 0.318. The second kappa shape index (κ2) is 8.01. The first-order valence-corrected chi connectivity index (χ1v) is 8.50. The van der Waals surface area contributed by atoms with Gasteiger partial charge in [0.1, 0.15) is 12.4 Å². The number of hydrogen-bond acceptors (Lipinski definition) is 4. The van der Waals surface area contributed by atoms with Crippen LogP contribution in [0.4, 0.5) is 11.4 Å².